The zero-order valence-electron chi connectivity index (χ0n) is 12.8. The maximum Gasteiger partial charge on any atom is 0.322 e. The minimum atomic E-state index is -0.0134. The van der Waals surface area contributed by atoms with Gasteiger partial charge in [-0.3, -0.25) is 0 Å². The third-order valence-electron chi connectivity index (χ3n) is 2.36. The molecule has 1 heterocycles. The summed E-state index contributed by atoms with van der Waals surface area (Å²) in [4.78, 5) is 12.1. The van der Waals surface area contributed by atoms with Gasteiger partial charge in [-0.1, -0.05) is 0 Å². The van der Waals surface area contributed by atoms with Crippen molar-refractivity contribution < 1.29 is 14.2 Å². The first-order valence-electron chi connectivity index (χ1n) is 7.00. The number of hydrogen-bond donors (Lipinski definition) is 1. The first-order valence-corrected chi connectivity index (χ1v) is 7.38. The van der Waals surface area contributed by atoms with Gasteiger partial charge < -0.3 is 19.5 Å². The summed E-state index contributed by atoms with van der Waals surface area (Å²) in [6, 6.07) is 0.232. The predicted molar refractivity (Wildman–Crippen MR) is 81.0 cm³/mol. The molecule has 0 atom stereocenters. The van der Waals surface area contributed by atoms with E-state index < -0.39 is 0 Å². The number of ether oxygens (including phenoxy) is 3. The van der Waals surface area contributed by atoms with Crippen LogP contribution in [-0.2, 0) is 9.47 Å². The molecule has 1 aromatic heterocycles. The van der Waals surface area contributed by atoms with Crippen molar-refractivity contribution in [2.45, 2.75) is 32.8 Å². The largest absolute Gasteiger partial charge is 0.461 e. The number of nitrogens with one attached hydrogen (secondary N) is 1. The molecule has 1 rings (SSSR count). The van der Waals surface area contributed by atoms with Gasteiger partial charge in [-0.05, 0) is 38.3 Å². The summed E-state index contributed by atoms with van der Waals surface area (Å²) >= 11 is 5.83. The average Bonchev–Trinajstić information content (AvgIpc) is 2.40. The highest BCUT2D eigenvalue weighted by atomic mass is 35.5. The molecule has 0 unspecified atom stereocenters. The Morgan fingerprint density at radius 2 is 1.90 bits per heavy atom. The molecule has 120 valence electrons. The maximum atomic E-state index is 5.83. The summed E-state index contributed by atoms with van der Waals surface area (Å²) in [7, 11) is 1.66. The van der Waals surface area contributed by atoms with Crippen LogP contribution in [-0.4, -0.2) is 54.5 Å². The van der Waals surface area contributed by atoms with Crippen molar-refractivity contribution in [3.63, 3.8) is 0 Å². The molecule has 0 spiro atoms. The summed E-state index contributed by atoms with van der Waals surface area (Å²) in [5.74, 6) is 0.422. The monoisotopic (exact) mass is 318 g/mol. The predicted octanol–water partition coefficient (Wildman–Crippen LogP) is 2.17. The normalized spacial score (nSPS) is 10.9. The van der Waals surface area contributed by atoms with Crippen molar-refractivity contribution in [2.75, 3.05) is 38.8 Å². The first-order chi connectivity index (χ1) is 10.1. The van der Waals surface area contributed by atoms with Crippen LogP contribution in [0.2, 0.25) is 5.28 Å². The van der Waals surface area contributed by atoms with Gasteiger partial charge in [0.1, 0.15) is 0 Å². The van der Waals surface area contributed by atoms with E-state index in [-0.39, 0.29) is 17.4 Å². The Kier molecular flexibility index (Phi) is 8.96. The fourth-order valence-corrected chi connectivity index (χ4v) is 1.60. The number of nitrogens with zero attached hydrogens (tertiary/aromatic N) is 3. The highest BCUT2D eigenvalue weighted by Gasteiger charge is 2.07. The molecule has 0 saturated heterocycles. The molecular formula is C13H23ClN4O3. The van der Waals surface area contributed by atoms with Crippen LogP contribution in [0.25, 0.3) is 0 Å². The highest BCUT2D eigenvalue weighted by Crippen LogP contribution is 2.12. The van der Waals surface area contributed by atoms with Gasteiger partial charge in [0.05, 0.1) is 19.3 Å². The number of methoxy groups -OCH3 is 1. The fraction of sp³-hybridized carbons (Fsp3) is 0.769. The minimum absolute atomic E-state index is 0.0134. The molecule has 0 amide bonds. The second kappa shape index (κ2) is 10.5. The number of rotatable bonds is 11. The third kappa shape index (κ3) is 8.64. The van der Waals surface area contributed by atoms with E-state index in [4.69, 9.17) is 25.8 Å². The van der Waals surface area contributed by atoms with Crippen molar-refractivity contribution in [1.82, 2.24) is 15.0 Å². The molecule has 0 bridgehead atoms. The van der Waals surface area contributed by atoms with Crippen LogP contribution >= 0.6 is 11.6 Å². The Morgan fingerprint density at radius 3 is 2.62 bits per heavy atom. The van der Waals surface area contributed by atoms with E-state index >= 15 is 0 Å². The smallest absolute Gasteiger partial charge is 0.322 e. The van der Waals surface area contributed by atoms with Crippen molar-refractivity contribution in [1.29, 1.82) is 0 Å². The number of anilines is 1. The lowest BCUT2D eigenvalue weighted by atomic mass is 10.3. The number of unbranched alkanes of at least 4 members (excludes halogenated alkanes) is 1. The van der Waals surface area contributed by atoms with Gasteiger partial charge >= 0.3 is 6.01 Å². The van der Waals surface area contributed by atoms with Crippen molar-refractivity contribution in [2.24, 2.45) is 0 Å². The molecule has 0 fully saturated rings. The van der Waals surface area contributed by atoms with Crippen LogP contribution in [0.1, 0.15) is 26.7 Å². The topological polar surface area (TPSA) is 78.4 Å². The third-order valence-corrected chi connectivity index (χ3v) is 2.53. The van der Waals surface area contributed by atoms with E-state index in [1.165, 1.54) is 0 Å². The summed E-state index contributed by atoms with van der Waals surface area (Å²) < 4.78 is 15.7. The molecule has 1 aromatic rings. The Labute approximate surface area is 130 Å². The van der Waals surface area contributed by atoms with E-state index in [9.17, 15) is 0 Å². The molecule has 0 saturated carbocycles. The van der Waals surface area contributed by atoms with Crippen molar-refractivity contribution in [3.8, 4) is 6.01 Å². The molecule has 0 aromatic carbocycles. The van der Waals surface area contributed by atoms with Crippen LogP contribution in [0.15, 0.2) is 0 Å². The van der Waals surface area contributed by atoms with E-state index in [0.717, 1.165) is 19.4 Å². The summed E-state index contributed by atoms with van der Waals surface area (Å²) in [5, 5.41) is 3.21. The first kappa shape index (κ1) is 17.9. The maximum absolute atomic E-state index is 5.83. The van der Waals surface area contributed by atoms with Crippen molar-refractivity contribution >= 4 is 17.5 Å². The molecule has 8 heteroatoms. The van der Waals surface area contributed by atoms with E-state index in [1.54, 1.807) is 7.11 Å². The van der Waals surface area contributed by atoms with Gasteiger partial charge in [-0.2, -0.15) is 15.0 Å². The molecule has 7 nitrogen and oxygen atoms in total. The molecule has 0 radical (unpaired) electrons. The summed E-state index contributed by atoms with van der Waals surface area (Å²) in [6.45, 7) is 6.49. The lowest BCUT2D eigenvalue weighted by Gasteiger charge is -2.09. The number of halogens is 1. The lowest BCUT2D eigenvalue weighted by Crippen LogP contribution is -2.12. The summed E-state index contributed by atoms with van der Waals surface area (Å²) in [5.41, 5.74) is 0. The highest BCUT2D eigenvalue weighted by molar-refractivity contribution is 6.28. The fourth-order valence-electron chi connectivity index (χ4n) is 1.45. The van der Waals surface area contributed by atoms with Gasteiger partial charge in [-0.25, -0.2) is 0 Å². The zero-order valence-corrected chi connectivity index (χ0v) is 13.5. The van der Waals surface area contributed by atoms with Gasteiger partial charge in [0.2, 0.25) is 11.2 Å². The van der Waals surface area contributed by atoms with Crippen molar-refractivity contribution in [3.05, 3.63) is 5.28 Å². The molecule has 0 aliphatic heterocycles. The van der Waals surface area contributed by atoms with E-state index in [1.807, 2.05) is 13.8 Å². The average molecular weight is 319 g/mol. The molecule has 0 aliphatic carbocycles. The number of hydrogen-bond acceptors (Lipinski definition) is 7. The summed E-state index contributed by atoms with van der Waals surface area (Å²) in [6.07, 6.45) is 1.88. The zero-order chi connectivity index (χ0) is 15.5. The minimum Gasteiger partial charge on any atom is -0.461 e. The van der Waals surface area contributed by atoms with Crippen LogP contribution < -0.4 is 10.1 Å². The van der Waals surface area contributed by atoms with Gasteiger partial charge in [0.15, 0.2) is 0 Å². The SMILES string of the molecule is COCCOCCCCNc1nc(Cl)nc(OC(C)C)n1. The molecule has 1 N–H and O–H groups in total. The standard InChI is InChI=1S/C13H23ClN4O3/c1-10(2)21-13-17-11(14)16-12(18-13)15-6-4-5-7-20-9-8-19-3/h10H,4-9H2,1-3H3,(H,15,16,17,18). The second-order valence-electron chi connectivity index (χ2n) is 4.62. The quantitative estimate of drug-likeness (QED) is 0.626. The Morgan fingerprint density at radius 1 is 1.10 bits per heavy atom. The Balaban J connectivity index is 2.24. The Bertz CT molecular complexity index is 407. The molecule has 0 aliphatic rings. The van der Waals surface area contributed by atoms with Crippen LogP contribution in [0.3, 0.4) is 0 Å². The second-order valence-corrected chi connectivity index (χ2v) is 4.95. The molecule has 21 heavy (non-hydrogen) atoms. The lowest BCUT2D eigenvalue weighted by molar-refractivity contribution is 0.0691. The van der Waals surface area contributed by atoms with E-state index in [0.29, 0.717) is 25.8 Å². The molecular weight excluding hydrogens is 296 g/mol. The van der Waals surface area contributed by atoms with Gasteiger partial charge in [0, 0.05) is 20.3 Å². The van der Waals surface area contributed by atoms with Crippen LogP contribution in [0, 0.1) is 0 Å². The van der Waals surface area contributed by atoms with Gasteiger partial charge in [-0.15, -0.1) is 0 Å². The number of aromatic nitrogens is 3. The van der Waals surface area contributed by atoms with Crippen LogP contribution in [0.5, 0.6) is 6.01 Å². The van der Waals surface area contributed by atoms with Gasteiger partial charge in [0.25, 0.3) is 0 Å². The van der Waals surface area contributed by atoms with Crippen LogP contribution in [0.4, 0.5) is 5.95 Å². The van der Waals surface area contributed by atoms with E-state index in [2.05, 4.69) is 20.3 Å². The Hall–Kier alpha value is -1.18.